The summed E-state index contributed by atoms with van der Waals surface area (Å²) in [4.78, 5) is 0. The second kappa shape index (κ2) is 7.13. The number of thiocarbonyl (C=S) groups is 1. The van der Waals surface area contributed by atoms with E-state index in [9.17, 15) is 0 Å². The van der Waals surface area contributed by atoms with Crippen molar-refractivity contribution in [3.05, 3.63) is 47.8 Å². The molecule has 1 aromatic heterocycles. The fraction of sp³-hybridized carbons (Fsp3) is 0.444. The highest BCUT2D eigenvalue weighted by Gasteiger charge is 2.26. The van der Waals surface area contributed by atoms with Crippen molar-refractivity contribution in [1.82, 2.24) is 15.1 Å². The highest BCUT2D eigenvalue weighted by Crippen LogP contribution is 2.22. The smallest absolute Gasteiger partial charge is 0.171 e. The first-order valence-corrected chi connectivity index (χ1v) is 8.29. The summed E-state index contributed by atoms with van der Waals surface area (Å²) in [6, 6.07) is 8.31. The molecule has 1 aromatic carbocycles. The first-order valence-electron chi connectivity index (χ1n) is 7.88. The molecule has 0 aliphatic rings. The van der Waals surface area contributed by atoms with Crippen LogP contribution in [0.3, 0.4) is 0 Å². The summed E-state index contributed by atoms with van der Waals surface area (Å²) in [6.07, 6.45) is 3.77. The van der Waals surface area contributed by atoms with E-state index in [1.165, 1.54) is 11.1 Å². The normalized spacial score (nSPS) is 12.7. The first kappa shape index (κ1) is 17.5. The summed E-state index contributed by atoms with van der Waals surface area (Å²) in [7, 11) is 0. The van der Waals surface area contributed by atoms with Crippen LogP contribution in [0.25, 0.3) is 0 Å². The molecule has 5 heteroatoms. The topological polar surface area (TPSA) is 41.9 Å². The van der Waals surface area contributed by atoms with Crippen molar-refractivity contribution in [2.24, 2.45) is 5.41 Å². The zero-order chi connectivity index (χ0) is 17.0. The summed E-state index contributed by atoms with van der Waals surface area (Å²) in [6.45, 7) is 11.6. The van der Waals surface area contributed by atoms with Crippen molar-refractivity contribution in [2.75, 3.05) is 5.32 Å². The Labute approximate surface area is 144 Å². The van der Waals surface area contributed by atoms with Crippen LogP contribution in [0.15, 0.2) is 36.7 Å². The third-order valence-electron chi connectivity index (χ3n) is 4.13. The van der Waals surface area contributed by atoms with E-state index in [0.717, 1.165) is 12.2 Å². The van der Waals surface area contributed by atoms with Crippen molar-refractivity contribution in [1.29, 1.82) is 0 Å². The number of aromatic nitrogens is 2. The maximum atomic E-state index is 5.53. The van der Waals surface area contributed by atoms with Crippen LogP contribution in [0.2, 0.25) is 0 Å². The largest absolute Gasteiger partial charge is 0.357 e. The molecule has 0 fully saturated rings. The molecular weight excluding hydrogens is 304 g/mol. The average Bonchev–Trinajstić information content (AvgIpc) is 2.95. The van der Waals surface area contributed by atoms with E-state index < -0.39 is 0 Å². The lowest BCUT2D eigenvalue weighted by molar-refractivity contribution is 0.262. The van der Waals surface area contributed by atoms with Crippen LogP contribution in [0, 0.1) is 19.3 Å². The SMILES string of the molecule is Cc1cccc(NC(=S)NC(Cn2cccn2)C(C)(C)C)c1C. The highest BCUT2D eigenvalue weighted by atomic mass is 32.1. The molecule has 0 aliphatic heterocycles. The van der Waals surface area contributed by atoms with Gasteiger partial charge >= 0.3 is 0 Å². The predicted molar refractivity (Wildman–Crippen MR) is 101 cm³/mol. The van der Waals surface area contributed by atoms with E-state index in [4.69, 9.17) is 12.2 Å². The summed E-state index contributed by atoms with van der Waals surface area (Å²) in [5, 5.41) is 11.7. The Kier molecular flexibility index (Phi) is 5.42. The quantitative estimate of drug-likeness (QED) is 0.834. The molecule has 0 saturated heterocycles. The number of benzene rings is 1. The fourth-order valence-corrected chi connectivity index (χ4v) is 2.59. The number of rotatable bonds is 4. The maximum Gasteiger partial charge on any atom is 0.171 e. The van der Waals surface area contributed by atoms with Gasteiger partial charge in [0.15, 0.2) is 5.11 Å². The number of anilines is 1. The van der Waals surface area contributed by atoms with Gasteiger partial charge in [0.25, 0.3) is 0 Å². The third-order valence-corrected chi connectivity index (χ3v) is 4.35. The summed E-state index contributed by atoms with van der Waals surface area (Å²) in [5.41, 5.74) is 3.58. The lowest BCUT2D eigenvalue weighted by atomic mass is 9.87. The van der Waals surface area contributed by atoms with Crippen LogP contribution in [0.4, 0.5) is 5.69 Å². The molecule has 23 heavy (non-hydrogen) atoms. The molecule has 0 radical (unpaired) electrons. The molecule has 1 unspecified atom stereocenters. The molecule has 1 atom stereocenters. The molecule has 0 bridgehead atoms. The van der Waals surface area contributed by atoms with Gasteiger partial charge in [-0.25, -0.2) is 0 Å². The number of hydrogen-bond donors (Lipinski definition) is 2. The minimum Gasteiger partial charge on any atom is -0.357 e. The first-order chi connectivity index (χ1) is 10.8. The number of nitrogens with zero attached hydrogens (tertiary/aromatic N) is 2. The minimum absolute atomic E-state index is 0.0549. The number of nitrogens with one attached hydrogen (secondary N) is 2. The van der Waals surface area contributed by atoms with Gasteiger partial charge in [-0.15, -0.1) is 0 Å². The Balaban J connectivity index is 2.07. The molecule has 2 N–H and O–H groups in total. The van der Waals surface area contributed by atoms with Crippen LogP contribution in [-0.4, -0.2) is 20.9 Å². The molecule has 2 rings (SSSR count). The maximum absolute atomic E-state index is 5.53. The van der Waals surface area contributed by atoms with Crippen LogP contribution in [-0.2, 0) is 6.54 Å². The molecule has 0 spiro atoms. The molecule has 1 heterocycles. The van der Waals surface area contributed by atoms with Crippen molar-refractivity contribution in [3.63, 3.8) is 0 Å². The second-order valence-corrected chi connectivity index (χ2v) is 7.40. The number of aryl methyl sites for hydroxylation is 1. The van der Waals surface area contributed by atoms with Crippen molar-refractivity contribution < 1.29 is 0 Å². The standard InChI is InChI=1S/C18H26N4S/c1-13-8-6-9-15(14(13)2)20-17(23)21-16(18(3,4)5)12-22-11-7-10-19-22/h6-11,16H,12H2,1-5H3,(H2,20,21,23). The lowest BCUT2D eigenvalue weighted by Crippen LogP contribution is -2.48. The van der Waals surface area contributed by atoms with E-state index >= 15 is 0 Å². The van der Waals surface area contributed by atoms with E-state index in [1.807, 2.05) is 23.0 Å². The zero-order valence-electron chi connectivity index (χ0n) is 14.6. The molecule has 0 saturated carbocycles. The van der Waals surface area contributed by atoms with E-state index in [1.54, 1.807) is 6.20 Å². The second-order valence-electron chi connectivity index (χ2n) is 6.99. The summed E-state index contributed by atoms with van der Waals surface area (Å²) < 4.78 is 1.93. The van der Waals surface area contributed by atoms with Crippen LogP contribution < -0.4 is 10.6 Å². The van der Waals surface area contributed by atoms with Crippen LogP contribution >= 0.6 is 12.2 Å². The average molecular weight is 331 g/mol. The zero-order valence-corrected chi connectivity index (χ0v) is 15.4. The van der Waals surface area contributed by atoms with Gasteiger partial charge in [-0.1, -0.05) is 32.9 Å². The monoisotopic (exact) mass is 330 g/mol. The van der Waals surface area contributed by atoms with Gasteiger partial charge in [-0.3, -0.25) is 4.68 Å². The summed E-state index contributed by atoms with van der Waals surface area (Å²) in [5.74, 6) is 0. The lowest BCUT2D eigenvalue weighted by Gasteiger charge is -2.32. The number of hydrogen-bond acceptors (Lipinski definition) is 2. The molecule has 4 nitrogen and oxygen atoms in total. The van der Waals surface area contributed by atoms with Gasteiger partial charge in [0.2, 0.25) is 0 Å². The van der Waals surface area contributed by atoms with Crippen molar-refractivity contribution in [3.8, 4) is 0 Å². The van der Waals surface area contributed by atoms with Crippen LogP contribution in [0.1, 0.15) is 31.9 Å². The van der Waals surface area contributed by atoms with Gasteiger partial charge in [-0.05, 0) is 54.7 Å². The Bertz CT molecular complexity index is 656. The fourth-order valence-electron chi connectivity index (χ4n) is 2.33. The summed E-state index contributed by atoms with van der Waals surface area (Å²) >= 11 is 5.53. The molecule has 124 valence electrons. The van der Waals surface area contributed by atoms with Crippen LogP contribution in [0.5, 0.6) is 0 Å². The van der Waals surface area contributed by atoms with Gasteiger partial charge in [0, 0.05) is 18.1 Å². The van der Waals surface area contributed by atoms with Gasteiger partial charge in [0.05, 0.1) is 12.6 Å². The molecular formula is C18H26N4S. The Morgan fingerprint density at radius 1 is 1.26 bits per heavy atom. The minimum atomic E-state index is 0.0549. The van der Waals surface area contributed by atoms with Gasteiger partial charge < -0.3 is 10.6 Å². The Morgan fingerprint density at radius 2 is 2.00 bits per heavy atom. The third kappa shape index (κ3) is 4.79. The predicted octanol–water partition coefficient (Wildman–Crippen LogP) is 3.90. The molecule has 0 amide bonds. The van der Waals surface area contributed by atoms with E-state index in [-0.39, 0.29) is 11.5 Å². The van der Waals surface area contributed by atoms with Crippen molar-refractivity contribution in [2.45, 2.75) is 47.2 Å². The molecule has 0 aliphatic carbocycles. The Morgan fingerprint density at radius 3 is 2.61 bits per heavy atom. The van der Waals surface area contributed by atoms with E-state index in [2.05, 4.69) is 62.5 Å². The highest BCUT2D eigenvalue weighted by molar-refractivity contribution is 7.80. The van der Waals surface area contributed by atoms with Gasteiger partial charge in [-0.2, -0.15) is 5.10 Å². The molecule has 2 aromatic rings. The van der Waals surface area contributed by atoms with Gasteiger partial charge in [0.1, 0.15) is 0 Å². The van der Waals surface area contributed by atoms with E-state index in [0.29, 0.717) is 5.11 Å². The Hall–Kier alpha value is -1.88. The van der Waals surface area contributed by atoms with Crippen molar-refractivity contribution >= 4 is 23.0 Å².